The van der Waals surface area contributed by atoms with Crippen LogP contribution in [0, 0.1) is 0 Å². The molecule has 11 heavy (non-hydrogen) atoms. The minimum Gasteiger partial charge on any atom is -0.478 e. The summed E-state index contributed by atoms with van der Waals surface area (Å²) in [4.78, 5) is 4.11. The van der Waals surface area contributed by atoms with E-state index in [2.05, 4.69) is 36.8 Å². The summed E-state index contributed by atoms with van der Waals surface area (Å²) in [6.45, 7) is 2.57. The molecule has 1 rings (SSSR count). The van der Waals surface area contributed by atoms with Gasteiger partial charge in [-0.2, -0.15) is 0 Å². The average Bonchev–Trinajstić information content (AvgIpc) is 1.98. The molecule has 0 bridgehead atoms. The molecule has 1 aromatic rings. The second-order valence-electron chi connectivity index (χ2n) is 1.86. The van der Waals surface area contributed by atoms with E-state index < -0.39 is 0 Å². The molecule has 0 radical (unpaired) electrons. The van der Waals surface area contributed by atoms with Crippen LogP contribution in [0.5, 0.6) is 5.88 Å². The van der Waals surface area contributed by atoms with E-state index in [0.717, 1.165) is 9.08 Å². The maximum atomic E-state index is 5.18. The number of halogens is 2. The molecule has 0 aliphatic rings. The van der Waals surface area contributed by atoms with Gasteiger partial charge in [-0.3, -0.25) is 0 Å². The number of ether oxygens (including phenoxy) is 1. The first kappa shape index (κ1) is 9.00. The van der Waals surface area contributed by atoms with Crippen LogP contribution < -0.4 is 4.74 Å². The van der Waals surface area contributed by atoms with Crippen LogP contribution in [0.2, 0.25) is 0 Å². The standard InChI is InChI=1S/C7H7Br2NO/c1-2-11-6-4-3-5(8)7(9)10-6/h3-4H,2H2,1H3. The Morgan fingerprint density at radius 2 is 2.18 bits per heavy atom. The van der Waals surface area contributed by atoms with Crippen LogP contribution in [0.3, 0.4) is 0 Å². The zero-order chi connectivity index (χ0) is 8.27. The highest BCUT2D eigenvalue weighted by Gasteiger charge is 1.99. The van der Waals surface area contributed by atoms with Crippen LogP contribution in [0.1, 0.15) is 6.92 Å². The number of pyridine rings is 1. The molecular weight excluding hydrogens is 274 g/mol. The van der Waals surface area contributed by atoms with Crippen LogP contribution in [0.4, 0.5) is 0 Å². The van der Waals surface area contributed by atoms with Crippen molar-refractivity contribution < 1.29 is 4.74 Å². The molecule has 0 saturated heterocycles. The van der Waals surface area contributed by atoms with Gasteiger partial charge < -0.3 is 4.74 Å². The van der Waals surface area contributed by atoms with Crippen LogP contribution in [0.15, 0.2) is 21.2 Å². The monoisotopic (exact) mass is 279 g/mol. The molecule has 0 aromatic carbocycles. The summed E-state index contributed by atoms with van der Waals surface area (Å²) in [5, 5.41) is 0. The SMILES string of the molecule is CCOc1ccc(Br)c(Br)n1. The zero-order valence-electron chi connectivity index (χ0n) is 5.97. The highest BCUT2D eigenvalue weighted by atomic mass is 79.9. The molecular formula is C7H7Br2NO. The predicted octanol–water partition coefficient (Wildman–Crippen LogP) is 3.01. The molecule has 60 valence electrons. The highest BCUT2D eigenvalue weighted by Crippen LogP contribution is 2.22. The predicted molar refractivity (Wildman–Crippen MR) is 50.8 cm³/mol. The third-order valence-corrected chi connectivity index (χ3v) is 2.85. The third-order valence-electron chi connectivity index (χ3n) is 1.07. The summed E-state index contributed by atoms with van der Waals surface area (Å²) in [5.74, 6) is 0.641. The van der Waals surface area contributed by atoms with Crippen LogP contribution in [-0.2, 0) is 0 Å². The number of hydrogen-bond acceptors (Lipinski definition) is 2. The van der Waals surface area contributed by atoms with Crippen molar-refractivity contribution in [3.05, 3.63) is 21.2 Å². The van der Waals surface area contributed by atoms with Crippen molar-refractivity contribution in [1.29, 1.82) is 0 Å². The molecule has 0 aliphatic heterocycles. The van der Waals surface area contributed by atoms with Crippen molar-refractivity contribution >= 4 is 31.9 Å². The number of nitrogens with zero attached hydrogens (tertiary/aromatic N) is 1. The zero-order valence-corrected chi connectivity index (χ0v) is 9.15. The van der Waals surface area contributed by atoms with Gasteiger partial charge in [-0.1, -0.05) is 0 Å². The number of hydrogen-bond donors (Lipinski definition) is 0. The van der Waals surface area contributed by atoms with Gasteiger partial charge in [0.2, 0.25) is 5.88 Å². The van der Waals surface area contributed by atoms with Gasteiger partial charge in [0.05, 0.1) is 11.1 Å². The fourth-order valence-electron chi connectivity index (χ4n) is 0.629. The Morgan fingerprint density at radius 1 is 1.45 bits per heavy atom. The summed E-state index contributed by atoms with van der Waals surface area (Å²) >= 11 is 6.59. The molecule has 4 heteroatoms. The largest absolute Gasteiger partial charge is 0.478 e. The lowest BCUT2D eigenvalue weighted by Gasteiger charge is -2.01. The molecule has 0 saturated carbocycles. The van der Waals surface area contributed by atoms with Gasteiger partial charge in [0.1, 0.15) is 4.60 Å². The van der Waals surface area contributed by atoms with E-state index in [1.165, 1.54) is 0 Å². The minimum atomic E-state index is 0.640. The Balaban J connectivity index is 2.86. The summed E-state index contributed by atoms with van der Waals surface area (Å²) in [6, 6.07) is 3.71. The Morgan fingerprint density at radius 3 is 2.73 bits per heavy atom. The van der Waals surface area contributed by atoms with Gasteiger partial charge in [0, 0.05) is 6.07 Å². The third kappa shape index (κ3) is 2.45. The second-order valence-corrected chi connectivity index (χ2v) is 3.46. The maximum Gasteiger partial charge on any atom is 0.214 e. The summed E-state index contributed by atoms with van der Waals surface area (Å²) in [5.41, 5.74) is 0. The normalized spacial score (nSPS) is 9.73. The lowest BCUT2D eigenvalue weighted by Crippen LogP contribution is -1.93. The Hall–Kier alpha value is -0.0900. The smallest absolute Gasteiger partial charge is 0.214 e. The van der Waals surface area contributed by atoms with Crippen LogP contribution in [0.25, 0.3) is 0 Å². The molecule has 0 unspecified atom stereocenters. The van der Waals surface area contributed by atoms with E-state index in [9.17, 15) is 0 Å². The Bertz CT molecular complexity index is 252. The van der Waals surface area contributed by atoms with Crippen LogP contribution >= 0.6 is 31.9 Å². The molecule has 0 atom stereocenters. The first-order chi connectivity index (χ1) is 5.24. The van der Waals surface area contributed by atoms with Gasteiger partial charge in [0.15, 0.2) is 0 Å². The van der Waals surface area contributed by atoms with Crippen molar-refractivity contribution in [2.24, 2.45) is 0 Å². The Kier molecular flexibility index (Phi) is 3.33. The lowest BCUT2D eigenvalue weighted by molar-refractivity contribution is 0.326. The van der Waals surface area contributed by atoms with Crippen molar-refractivity contribution in [2.45, 2.75) is 6.92 Å². The molecule has 2 nitrogen and oxygen atoms in total. The Labute approximate surface area is 82.2 Å². The van der Waals surface area contributed by atoms with E-state index in [0.29, 0.717) is 12.5 Å². The summed E-state index contributed by atoms with van der Waals surface area (Å²) in [6.07, 6.45) is 0. The van der Waals surface area contributed by atoms with Gasteiger partial charge in [-0.15, -0.1) is 0 Å². The topological polar surface area (TPSA) is 22.1 Å². The van der Waals surface area contributed by atoms with Crippen molar-refractivity contribution in [3.63, 3.8) is 0 Å². The van der Waals surface area contributed by atoms with E-state index >= 15 is 0 Å². The summed E-state index contributed by atoms with van der Waals surface area (Å²) < 4.78 is 6.88. The van der Waals surface area contributed by atoms with Gasteiger partial charge in [-0.25, -0.2) is 4.98 Å². The van der Waals surface area contributed by atoms with Crippen molar-refractivity contribution in [3.8, 4) is 5.88 Å². The van der Waals surface area contributed by atoms with Gasteiger partial charge in [0.25, 0.3) is 0 Å². The van der Waals surface area contributed by atoms with Gasteiger partial charge in [-0.05, 0) is 44.8 Å². The first-order valence-corrected chi connectivity index (χ1v) is 4.77. The van der Waals surface area contributed by atoms with E-state index in [1.54, 1.807) is 0 Å². The van der Waals surface area contributed by atoms with Crippen LogP contribution in [-0.4, -0.2) is 11.6 Å². The van der Waals surface area contributed by atoms with Gasteiger partial charge >= 0.3 is 0 Å². The number of rotatable bonds is 2. The number of aromatic nitrogens is 1. The van der Waals surface area contributed by atoms with Crippen molar-refractivity contribution in [1.82, 2.24) is 4.98 Å². The quantitative estimate of drug-likeness (QED) is 0.777. The van der Waals surface area contributed by atoms with E-state index in [1.807, 2.05) is 19.1 Å². The summed E-state index contributed by atoms with van der Waals surface area (Å²) in [7, 11) is 0. The molecule has 0 N–H and O–H groups in total. The molecule has 1 heterocycles. The molecule has 0 fully saturated rings. The molecule has 0 aliphatic carbocycles. The average molecular weight is 281 g/mol. The maximum absolute atomic E-state index is 5.18. The fourth-order valence-corrected chi connectivity index (χ4v) is 1.16. The van der Waals surface area contributed by atoms with E-state index in [-0.39, 0.29) is 0 Å². The fraction of sp³-hybridized carbons (Fsp3) is 0.286. The molecule has 0 spiro atoms. The highest BCUT2D eigenvalue weighted by molar-refractivity contribution is 9.13. The van der Waals surface area contributed by atoms with E-state index in [4.69, 9.17) is 4.74 Å². The van der Waals surface area contributed by atoms with Crippen molar-refractivity contribution in [2.75, 3.05) is 6.61 Å². The second kappa shape index (κ2) is 4.07. The molecule has 1 aromatic heterocycles. The first-order valence-electron chi connectivity index (χ1n) is 3.19. The molecule has 0 amide bonds. The lowest BCUT2D eigenvalue weighted by atomic mass is 10.5. The minimum absolute atomic E-state index is 0.640.